The van der Waals surface area contributed by atoms with Gasteiger partial charge in [0.05, 0.1) is 17.6 Å². The van der Waals surface area contributed by atoms with E-state index in [1.165, 1.54) is 6.33 Å². The highest BCUT2D eigenvalue weighted by Crippen LogP contribution is 2.25. The number of amides is 3. The van der Waals surface area contributed by atoms with Crippen molar-refractivity contribution in [3.05, 3.63) is 72.8 Å². The van der Waals surface area contributed by atoms with Crippen LogP contribution >= 0.6 is 0 Å². The van der Waals surface area contributed by atoms with Gasteiger partial charge in [-0.2, -0.15) is 5.10 Å². The standard InChI is InChI=1S/C24H28N6O2/c1-18(19-10-12-22(13-11-19)30-17-25-16-26-30)28(2)23(31)20-7-6-14-29(15-20)24(32)27-21-8-4-3-5-9-21/h3-5,8-13,16-18,20H,6-7,14-15H2,1-2H3,(H,27,32). The first-order valence-corrected chi connectivity index (χ1v) is 10.9. The van der Waals surface area contributed by atoms with E-state index in [0.29, 0.717) is 13.1 Å². The third kappa shape index (κ3) is 4.80. The summed E-state index contributed by atoms with van der Waals surface area (Å²) in [7, 11) is 1.83. The molecule has 0 bridgehead atoms. The van der Waals surface area contributed by atoms with E-state index >= 15 is 0 Å². The summed E-state index contributed by atoms with van der Waals surface area (Å²) in [6.45, 7) is 3.11. The van der Waals surface area contributed by atoms with Gasteiger partial charge in [0.15, 0.2) is 0 Å². The Morgan fingerprint density at radius 3 is 2.56 bits per heavy atom. The molecule has 2 unspecified atom stereocenters. The molecule has 1 aliphatic heterocycles. The Kier molecular flexibility index (Phi) is 6.49. The van der Waals surface area contributed by atoms with Crippen molar-refractivity contribution in [2.45, 2.75) is 25.8 Å². The van der Waals surface area contributed by atoms with Crippen LogP contribution in [0, 0.1) is 5.92 Å². The van der Waals surface area contributed by atoms with Gasteiger partial charge in [0.2, 0.25) is 5.91 Å². The molecule has 1 fully saturated rings. The van der Waals surface area contributed by atoms with E-state index in [1.54, 1.807) is 20.8 Å². The van der Waals surface area contributed by atoms with Crippen molar-refractivity contribution in [2.24, 2.45) is 5.92 Å². The molecule has 166 valence electrons. The molecule has 0 radical (unpaired) electrons. The molecule has 4 rings (SSSR count). The van der Waals surface area contributed by atoms with E-state index in [-0.39, 0.29) is 23.9 Å². The molecule has 8 nitrogen and oxygen atoms in total. The maximum Gasteiger partial charge on any atom is 0.321 e. The summed E-state index contributed by atoms with van der Waals surface area (Å²) < 4.78 is 1.69. The fourth-order valence-corrected chi connectivity index (χ4v) is 4.04. The maximum atomic E-state index is 13.2. The minimum absolute atomic E-state index is 0.0649. The van der Waals surface area contributed by atoms with Crippen LogP contribution in [0.1, 0.15) is 31.4 Å². The number of para-hydroxylation sites is 1. The number of rotatable bonds is 5. The summed E-state index contributed by atoms with van der Waals surface area (Å²) in [4.78, 5) is 33.4. The molecular weight excluding hydrogens is 404 g/mol. The molecule has 0 saturated carbocycles. The Labute approximate surface area is 187 Å². The maximum absolute atomic E-state index is 13.2. The van der Waals surface area contributed by atoms with Gasteiger partial charge in [0, 0.05) is 25.8 Å². The third-order valence-electron chi connectivity index (χ3n) is 6.07. The Hall–Kier alpha value is -3.68. The second-order valence-corrected chi connectivity index (χ2v) is 8.14. The number of likely N-dealkylation sites (tertiary alicyclic amines) is 1. The monoisotopic (exact) mass is 432 g/mol. The van der Waals surface area contributed by atoms with Crippen molar-refractivity contribution < 1.29 is 9.59 Å². The minimum Gasteiger partial charge on any atom is -0.339 e. The molecule has 2 aromatic carbocycles. The van der Waals surface area contributed by atoms with Crippen LogP contribution in [0.15, 0.2) is 67.3 Å². The van der Waals surface area contributed by atoms with Gasteiger partial charge < -0.3 is 15.1 Å². The van der Waals surface area contributed by atoms with Crippen molar-refractivity contribution in [1.29, 1.82) is 0 Å². The SMILES string of the molecule is CC(c1ccc(-n2cncn2)cc1)N(C)C(=O)C1CCCN(C(=O)Nc2ccccc2)C1. The summed E-state index contributed by atoms with van der Waals surface area (Å²) in [6, 6.07) is 17.1. The molecular formula is C24H28N6O2. The Balaban J connectivity index is 1.37. The molecule has 32 heavy (non-hydrogen) atoms. The van der Waals surface area contributed by atoms with Crippen molar-refractivity contribution in [2.75, 3.05) is 25.5 Å². The first-order chi connectivity index (χ1) is 15.5. The van der Waals surface area contributed by atoms with Crippen LogP contribution < -0.4 is 5.32 Å². The van der Waals surface area contributed by atoms with Crippen LogP contribution in [0.3, 0.4) is 0 Å². The molecule has 0 spiro atoms. The Morgan fingerprint density at radius 2 is 1.88 bits per heavy atom. The number of piperidine rings is 1. The summed E-state index contributed by atoms with van der Waals surface area (Å²) in [5, 5.41) is 7.05. The van der Waals surface area contributed by atoms with E-state index < -0.39 is 0 Å². The van der Waals surface area contributed by atoms with E-state index in [1.807, 2.05) is 68.6 Å². The van der Waals surface area contributed by atoms with Crippen LogP contribution in [0.2, 0.25) is 0 Å². The highest BCUT2D eigenvalue weighted by molar-refractivity contribution is 5.90. The van der Waals surface area contributed by atoms with Gasteiger partial charge in [0.25, 0.3) is 0 Å². The van der Waals surface area contributed by atoms with Crippen LogP contribution in [0.25, 0.3) is 5.69 Å². The lowest BCUT2D eigenvalue weighted by Gasteiger charge is -2.35. The average molecular weight is 433 g/mol. The van der Waals surface area contributed by atoms with E-state index in [9.17, 15) is 9.59 Å². The average Bonchev–Trinajstić information content (AvgIpc) is 3.38. The first-order valence-electron chi connectivity index (χ1n) is 10.9. The van der Waals surface area contributed by atoms with Crippen LogP contribution in [0.5, 0.6) is 0 Å². The zero-order valence-corrected chi connectivity index (χ0v) is 18.4. The van der Waals surface area contributed by atoms with Gasteiger partial charge in [0.1, 0.15) is 12.7 Å². The number of anilines is 1. The highest BCUT2D eigenvalue weighted by atomic mass is 16.2. The number of carbonyl (C=O) groups excluding carboxylic acids is 2. The molecule has 2 atom stereocenters. The number of benzene rings is 2. The summed E-state index contributed by atoms with van der Waals surface area (Å²) in [5.74, 6) is -0.137. The minimum atomic E-state index is -0.202. The highest BCUT2D eigenvalue weighted by Gasteiger charge is 2.32. The molecule has 1 aromatic heterocycles. The first kappa shape index (κ1) is 21.5. The predicted octanol–water partition coefficient (Wildman–Crippen LogP) is 3.73. The lowest BCUT2D eigenvalue weighted by molar-refractivity contribution is -0.137. The quantitative estimate of drug-likeness (QED) is 0.666. The van der Waals surface area contributed by atoms with Gasteiger partial charge >= 0.3 is 6.03 Å². The number of urea groups is 1. The van der Waals surface area contributed by atoms with Crippen molar-refractivity contribution in [3.63, 3.8) is 0 Å². The van der Waals surface area contributed by atoms with Crippen LogP contribution in [0.4, 0.5) is 10.5 Å². The smallest absolute Gasteiger partial charge is 0.321 e. The third-order valence-corrected chi connectivity index (χ3v) is 6.07. The normalized spacial score (nSPS) is 16.9. The van der Waals surface area contributed by atoms with Gasteiger partial charge in [-0.1, -0.05) is 30.3 Å². The Morgan fingerprint density at radius 1 is 1.12 bits per heavy atom. The van der Waals surface area contributed by atoms with Crippen molar-refractivity contribution in [1.82, 2.24) is 24.6 Å². The zero-order chi connectivity index (χ0) is 22.5. The molecule has 8 heteroatoms. The van der Waals surface area contributed by atoms with Crippen LogP contribution in [-0.2, 0) is 4.79 Å². The Bertz CT molecular complexity index is 1040. The number of hydrogen-bond acceptors (Lipinski definition) is 4. The van der Waals surface area contributed by atoms with Gasteiger partial charge in [-0.05, 0) is 49.6 Å². The molecule has 3 amide bonds. The lowest BCUT2D eigenvalue weighted by atomic mass is 9.95. The number of hydrogen-bond donors (Lipinski definition) is 1. The molecule has 1 aliphatic rings. The molecule has 1 N–H and O–H groups in total. The van der Waals surface area contributed by atoms with E-state index in [0.717, 1.165) is 29.8 Å². The van der Waals surface area contributed by atoms with Gasteiger partial charge in [-0.25, -0.2) is 14.5 Å². The molecule has 0 aliphatic carbocycles. The van der Waals surface area contributed by atoms with Crippen molar-refractivity contribution >= 4 is 17.6 Å². The summed E-state index contributed by atoms with van der Waals surface area (Å²) in [5.41, 5.74) is 2.71. The van der Waals surface area contributed by atoms with Crippen LogP contribution in [-0.4, -0.2) is 56.6 Å². The number of nitrogens with zero attached hydrogens (tertiary/aromatic N) is 5. The molecule has 2 heterocycles. The largest absolute Gasteiger partial charge is 0.339 e. The predicted molar refractivity (Wildman–Crippen MR) is 122 cm³/mol. The summed E-state index contributed by atoms with van der Waals surface area (Å²) in [6.07, 6.45) is 4.75. The number of nitrogens with one attached hydrogen (secondary N) is 1. The number of aromatic nitrogens is 3. The topological polar surface area (TPSA) is 83.4 Å². The van der Waals surface area contributed by atoms with Crippen molar-refractivity contribution in [3.8, 4) is 5.69 Å². The number of carbonyl (C=O) groups is 2. The van der Waals surface area contributed by atoms with E-state index in [2.05, 4.69) is 15.4 Å². The lowest BCUT2D eigenvalue weighted by Crippen LogP contribution is -2.47. The molecule has 3 aromatic rings. The second kappa shape index (κ2) is 9.64. The fraction of sp³-hybridized carbons (Fsp3) is 0.333. The second-order valence-electron chi connectivity index (χ2n) is 8.14. The van der Waals surface area contributed by atoms with Gasteiger partial charge in [-0.15, -0.1) is 0 Å². The van der Waals surface area contributed by atoms with Gasteiger partial charge in [-0.3, -0.25) is 4.79 Å². The zero-order valence-electron chi connectivity index (χ0n) is 18.4. The van der Waals surface area contributed by atoms with E-state index in [4.69, 9.17) is 0 Å². The fourth-order valence-electron chi connectivity index (χ4n) is 4.04. The molecule has 1 saturated heterocycles. The summed E-state index contributed by atoms with van der Waals surface area (Å²) >= 11 is 0.